The zero-order chi connectivity index (χ0) is 22.6. The van der Waals surface area contributed by atoms with Crippen LogP contribution in [-0.2, 0) is 19.1 Å². The molecule has 0 radical (unpaired) electrons. The molecule has 0 aromatic carbocycles. The number of urea groups is 1. The van der Waals surface area contributed by atoms with E-state index in [0.29, 0.717) is 11.4 Å². The number of esters is 2. The van der Waals surface area contributed by atoms with Crippen molar-refractivity contribution in [1.29, 1.82) is 0 Å². The first-order valence-electron chi connectivity index (χ1n) is 9.68. The van der Waals surface area contributed by atoms with Crippen molar-refractivity contribution in [2.75, 3.05) is 19.8 Å². The van der Waals surface area contributed by atoms with Crippen LogP contribution in [0, 0.1) is 13.8 Å². The summed E-state index contributed by atoms with van der Waals surface area (Å²) in [6.45, 7) is 7.87. The van der Waals surface area contributed by atoms with Crippen LogP contribution in [0.15, 0.2) is 0 Å². The summed E-state index contributed by atoms with van der Waals surface area (Å²) in [5.74, 6) is -2.15. The van der Waals surface area contributed by atoms with Crippen LogP contribution in [0.5, 0.6) is 0 Å². The first-order chi connectivity index (χ1) is 14.0. The van der Waals surface area contributed by atoms with Gasteiger partial charge in [-0.3, -0.25) is 19.3 Å². The van der Waals surface area contributed by atoms with Gasteiger partial charge >= 0.3 is 18.0 Å². The lowest BCUT2D eigenvalue weighted by Crippen LogP contribution is -2.40. The van der Waals surface area contributed by atoms with Crippen LogP contribution in [0.2, 0.25) is 0 Å². The number of nitrogens with one attached hydrogen (secondary N) is 2. The van der Waals surface area contributed by atoms with Gasteiger partial charge in [-0.25, -0.2) is 9.59 Å². The number of H-pyrrole nitrogens is 1. The Bertz CT molecular complexity index is 885. The molecule has 1 aliphatic heterocycles. The third-order valence-electron chi connectivity index (χ3n) is 4.70. The average molecular weight is 421 g/mol. The van der Waals surface area contributed by atoms with E-state index in [-0.39, 0.29) is 43.0 Å². The Balaban J connectivity index is 1.89. The van der Waals surface area contributed by atoms with Gasteiger partial charge < -0.3 is 19.8 Å². The number of aryl methyl sites for hydroxylation is 2. The fourth-order valence-electron chi connectivity index (χ4n) is 3.28. The largest absolute Gasteiger partial charge is 0.462 e. The predicted molar refractivity (Wildman–Crippen MR) is 105 cm³/mol. The van der Waals surface area contributed by atoms with E-state index in [1.54, 1.807) is 34.6 Å². The van der Waals surface area contributed by atoms with Crippen molar-refractivity contribution in [2.45, 2.75) is 53.0 Å². The number of aromatic nitrogens is 1. The lowest BCUT2D eigenvalue weighted by Gasteiger charge is -2.15. The number of amides is 3. The molecular weight excluding hydrogens is 394 g/mol. The molecule has 0 bridgehead atoms. The Labute approximate surface area is 174 Å². The fourth-order valence-corrected chi connectivity index (χ4v) is 3.28. The number of hydrogen-bond acceptors (Lipinski definition) is 7. The number of hydrogen-bond donors (Lipinski definition) is 2. The molecule has 0 saturated carbocycles. The first-order valence-corrected chi connectivity index (χ1v) is 9.68. The quantitative estimate of drug-likeness (QED) is 0.352. The van der Waals surface area contributed by atoms with Gasteiger partial charge in [-0.2, -0.15) is 0 Å². The summed E-state index contributed by atoms with van der Waals surface area (Å²) in [6, 6.07) is -0.502. The maximum absolute atomic E-state index is 12.5. The maximum atomic E-state index is 12.5. The molecule has 0 unspecified atom stereocenters. The van der Waals surface area contributed by atoms with Crippen LogP contribution in [-0.4, -0.2) is 64.8 Å². The second kappa shape index (κ2) is 9.10. The highest BCUT2D eigenvalue weighted by molar-refractivity contribution is 6.09. The average Bonchev–Trinajstić information content (AvgIpc) is 3.05. The van der Waals surface area contributed by atoms with Crippen molar-refractivity contribution < 1.29 is 33.4 Å². The van der Waals surface area contributed by atoms with Crippen LogP contribution in [0.3, 0.4) is 0 Å². The summed E-state index contributed by atoms with van der Waals surface area (Å²) >= 11 is 0. The maximum Gasteiger partial charge on any atom is 0.340 e. The highest BCUT2D eigenvalue weighted by atomic mass is 16.5. The number of carbonyl (C=O) groups excluding carboxylic acids is 5. The van der Waals surface area contributed by atoms with Crippen LogP contribution in [0.4, 0.5) is 4.79 Å². The predicted octanol–water partition coefficient (Wildman–Crippen LogP) is 1.64. The molecule has 1 fully saturated rings. The fraction of sp³-hybridized carbons (Fsp3) is 0.550. The number of Topliss-reactive ketones (excluding diaryl/α,β-unsaturated/α-hetero) is 1. The van der Waals surface area contributed by atoms with E-state index in [0.717, 1.165) is 4.90 Å². The summed E-state index contributed by atoms with van der Waals surface area (Å²) in [7, 11) is 0. The second-order valence-electron chi connectivity index (χ2n) is 7.54. The highest BCUT2D eigenvalue weighted by Gasteiger charge is 2.43. The van der Waals surface area contributed by atoms with Crippen molar-refractivity contribution in [3.05, 3.63) is 22.5 Å². The number of rotatable bonds is 9. The SMILES string of the molecule is CCOC(=O)c1c(C)[nH]c(C)c1C(=O)COC(=O)CCCN1C(=O)NC(C)(C)C1=O. The Morgan fingerprint density at radius 2 is 1.67 bits per heavy atom. The molecule has 0 aliphatic carbocycles. The van der Waals surface area contributed by atoms with Gasteiger partial charge in [0, 0.05) is 24.4 Å². The molecule has 30 heavy (non-hydrogen) atoms. The molecule has 164 valence electrons. The van der Waals surface area contributed by atoms with Crippen molar-refractivity contribution in [2.24, 2.45) is 0 Å². The van der Waals surface area contributed by atoms with E-state index in [4.69, 9.17) is 9.47 Å². The molecule has 2 heterocycles. The molecule has 2 rings (SSSR count). The number of ketones is 1. The Kier molecular flexibility index (Phi) is 7.01. The van der Waals surface area contributed by atoms with Gasteiger partial charge in [0.1, 0.15) is 5.54 Å². The highest BCUT2D eigenvalue weighted by Crippen LogP contribution is 2.21. The number of aromatic amines is 1. The van der Waals surface area contributed by atoms with Gasteiger partial charge in [0.2, 0.25) is 5.78 Å². The standard InChI is InChI=1S/C20H27N3O7/c1-6-29-17(26)16-12(3)21-11(2)15(16)13(24)10-30-14(25)8-7-9-23-18(27)20(4,5)22-19(23)28/h21H,6-10H2,1-5H3,(H,22,28). The zero-order valence-corrected chi connectivity index (χ0v) is 17.8. The van der Waals surface area contributed by atoms with Crippen molar-refractivity contribution >= 4 is 29.7 Å². The number of imide groups is 1. The van der Waals surface area contributed by atoms with Crippen molar-refractivity contribution in [3.8, 4) is 0 Å². The Hall–Kier alpha value is -3.17. The van der Waals surface area contributed by atoms with Gasteiger partial charge in [0.15, 0.2) is 6.61 Å². The third kappa shape index (κ3) is 4.87. The molecule has 10 nitrogen and oxygen atoms in total. The Morgan fingerprint density at radius 1 is 1.03 bits per heavy atom. The molecule has 10 heteroatoms. The molecule has 1 aromatic heterocycles. The summed E-state index contributed by atoms with van der Waals surface area (Å²) in [5.41, 5.74) is 0.291. The van der Waals surface area contributed by atoms with Crippen LogP contribution < -0.4 is 5.32 Å². The number of ether oxygens (including phenoxy) is 2. The summed E-state index contributed by atoms with van der Waals surface area (Å²) in [5, 5.41) is 2.56. The van der Waals surface area contributed by atoms with E-state index in [1.165, 1.54) is 0 Å². The lowest BCUT2D eigenvalue weighted by atomic mass is 10.1. The molecule has 1 aromatic rings. The van der Waals surface area contributed by atoms with Gasteiger partial charge in [-0.1, -0.05) is 0 Å². The minimum Gasteiger partial charge on any atom is -0.462 e. The van der Waals surface area contributed by atoms with Crippen molar-refractivity contribution in [3.63, 3.8) is 0 Å². The molecule has 1 aliphatic rings. The van der Waals surface area contributed by atoms with Gasteiger partial charge in [0.05, 0.1) is 17.7 Å². The molecule has 2 N–H and O–H groups in total. The second-order valence-corrected chi connectivity index (χ2v) is 7.54. The minimum atomic E-state index is -0.965. The van der Waals surface area contributed by atoms with E-state index in [2.05, 4.69) is 10.3 Å². The molecule has 0 spiro atoms. The summed E-state index contributed by atoms with van der Waals surface area (Å²) in [4.78, 5) is 64.5. The van der Waals surface area contributed by atoms with Crippen LogP contribution in [0.1, 0.15) is 65.7 Å². The zero-order valence-electron chi connectivity index (χ0n) is 17.8. The lowest BCUT2D eigenvalue weighted by molar-refractivity contribution is -0.143. The molecule has 1 saturated heterocycles. The summed E-state index contributed by atoms with van der Waals surface area (Å²) < 4.78 is 10.0. The van der Waals surface area contributed by atoms with Gasteiger partial charge in [-0.05, 0) is 41.0 Å². The van der Waals surface area contributed by atoms with E-state index in [9.17, 15) is 24.0 Å². The topological polar surface area (TPSA) is 135 Å². The normalized spacial score (nSPS) is 15.2. The molecular formula is C20H27N3O7. The first kappa shape index (κ1) is 23.1. The van der Waals surface area contributed by atoms with E-state index < -0.39 is 35.9 Å². The van der Waals surface area contributed by atoms with E-state index >= 15 is 0 Å². The number of nitrogens with zero attached hydrogens (tertiary/aromatic N) is 1. The van der Waals surface area contributed by atoms with Gasteiger partial charge in [0.25, 0.3) is 5.91 Å². The summed E-state index contributed by atoms with van der Waals surface area (Å²) in [6.07, 6.45) is 0.138. The van der Waals surface area contributed by atoms with E-state index in [1.807, 2.05) is 0 Å². The van der Waals surface area contributed by atoms with Crippen LogP contribution >= 0.6 is 0 Å². The third-order valence-corrected chi connectivity index (χ3v) is 4.70. The van der Waals surface area contributed by atoms with Crippen LogP contribution in [0.25, 0.3) is 0 Å². The van der Waals surface area contributed by atoms with Crippen molar-refractivity contribution in [1.82, 2.24) is 15.2 Å². The monoisotopic (exact) mass is 421 g/mol. The Morgan fingerprint density at radius 3 is 2.23 bits per heavy atom. The number of carbonyl (C=O) groups is 5. The van der Waals surface area contributed by atoms with Gasteiger partial charge in [-0.15, -0.1) is 0 Å². The smallest absolute Gasteiger partial charge is 0.340 e. The molecule has 0 atom stereocenters. The molecule has 3 amide bonds. The minimum absolute atomic E-state index is 0.0688.